The Hall–Kier alpha value is -2.14. The van der Waals surface area contributed by atoms with Gasteiger partial charge < -0.3 is 9.52 Å². The third-order valence-corrected chi connectivity index (χ3v) is 4.79. The molecule has 2 heterocycles. The molecule has 0 bridgehead atoms. The Kier molecular flexibility index (Phi) is 3.65. The first-order valence-corrected chi connectivity index (χ1v) is 8.44. The predicted octanol–water partition coefficient (Wildman–Crippen LogP) is 4.93. The van der Waals surface area contributed by atoms with Gasteiger partial charge in [0.25, 0.3) is 0 Å². The molecule has 4 nitrogen and oxygen atoms in total. The minimum Gasteiger partial charge on any atom is -0.506 e. The molecule has 1 aliphatic rings. The van der Waals surface area contributed by atoms with E-state index in [1.165, 1.54) is 5.56 Å². The van der Waals surface area contributed by atoms with Gasteiger partial charge in [-0.1, -0.05) is 6.07 Å². The molecule has 4 rings (SSSR count). The topological polar surface area (TPSA) is 58.6 Å². The number of furan rings is 1. The van der Waals surface area contributed by atoms with Crippen LogP contribution in [0.1, 0.15) is 29.7 Å². The van der Waals surface area contributed by atoms with Crippen molar-refractivity contribution in [3.8, 4) is 5.75 Å². The molecular weight excluding hydrogens is 356 g/mol. The van der Waals surface area contributed by atoms with Crippen LogP contribution in [0.4, 0.5) is 5.82 Å². The molecular formula is C18H15BrN2O2. The van der Waals surface area contributed by atoms with Crippen molar-refractivity contribution in [2.75, 3.05) is 0 Å². The molecule has 1 N–H and O–H groups in total. The van der Waals surface area contributed by atoms with Gasteiger partial charge in [-0.05, 0) is 53.4 Å². The van der Waals surface area contributed by atoms with Crippen LogP contribution in [0.2, 0.25) is 0 Å². The minimum absolute atomic E-state index is 0.186. The number of nitrogens with zero attached hydrogens (tertiary/aromatic N) is 2. The Bertz CT molecular complexity index is 901. The van der Waals surface area contributed by atoms with Crippen LogP contribution in [0.3, 0.4) is 0 Å². The van der Waals surface area contributed by atoms with Crippen LogP contribution in [0, 0.1) is 0 Å². The van der Waals surface area contributed by atoms with Crippen molar-refractivity contribution < 1.29 is 9.52 Å². The van der Waals surface area contributed by atoms with Gasteiger partial charge in [0.1, 0.15) is 17.1 Å². The first-order chi connectivity index (χ1) is 11.2. The highest BCUT2D eigenvalue weighted by atomic mass is 79.9. The van der Waals surface area contributed by atoms with E-state index in [-0.39, 0.29) is 5.75 Å². The van der Waals surface area contributed by atoms with Gasteiger partial charge in [0.05, 0.1) is 4.47 Å². The van der Waals surface area contributed by atoms with Crippen molar-refractivity contribution in [2.24, 2.45) is 4.99 Å². The molecule has 0 atom stereocenters. The number of hydrogen-bond donors (Lipinski definition) is 1. The van der Waals surface area contributed by atoms with Crippen LogP contribution in [-0.2, 0) is 12.8 Å². The summed E-state index contributed by atoms with van der Waals surface area (Å²) in [6.07, 6.45) is 7.61. The summed E-state index contributed by atoms with van der Waals surface area (Å²) in [5.74, 6) is 1.83. The smallest absolute Gasteiger partial charge is 0.151 e. The van der Waals surface area contributed by atoms with Crippen molar-refractivity contribution in [2.45, 2.75) is 25.7 Å². The molecule has 0 radical (unpaired) electrons. The van der Waals surface area contributed by atoms with E-state index in [4.69, 9.17) is 4.42 Å². The third kappa shape index (κ3) is 2.55. The molecule has 116 valence electrons. The molecule has 5 heteroatoms. The number of aromatic nitrogens is 1. The first-order valence-electron chi connectivity index (χ1n) is 7.65. The number of phenols is 1. The fraction of sp³-hybridized carbons (Fsp3) is 0.222. The van der Waals surface area contributed by atoms with Gasteiger partial charge in [0.15, 0.2) is 5.82 Å². The number of phenolic OH excluding ortho intramolecular Hbond substituents is 1. The number of fused-ring (bicyclic) bond motifs is 3. The zero-order chi connectivity index (χ0) is 15.8. The average Bonchev–Trinajstić information content (AvgIpc) is 2.94. The molecule has 0 amide bonds. The second-order valence-corrected chi connectivity index (χ2v) is 6.51. The second kappa shape index (κ2) is 5.81. The number of aliphatic imine (C=N–C) groups is 1. The van der Waals surface area contributed by atoms with Crippen LogP contribution in [0.25, 0.3) is 11.0 Å². The number of aryl methyl sites for hydroxylation is 2. The summed E-state index contributed by atoms with van der Waals surface area (Å²) >= 11 is 3.40. The van der Waals surface area contributed by atoms with Crippen LogP contribution in [-0.4, -0.2) is 16.3 Å². The summed E-state index contributed by atoms with van der Waals surface area (Å²) in [5, 5.41) is 11.5. The summed E-state index contributed by atoms with van der Waals surface area (Å²) in [4.78, 5) is 8.58. The van der Waals surface area contributed by atoms with E-state index in [0.717, 1.165) is 42.4 Å². The molecule has 1 aliphatic carbocycles. The maximum Gasteiger partial charge on any atom is 0.151 e. The molecule has 0 aliphatic heterocycles. The van der Waals surface area contributed by atoms with E-state index in [0.29, 0.717) is 15.9 Å². The Morgan fingerprint density at radius 3 is 2.96 bits per heavy atom. The highest BCUT2D eigenvalue weighted by Gasteiger charge is 2.22. The summed E-state index contributed by atoms with van der Waals surface area (Å²) < 4.78 is 6.61. The largest absolute Gasteiger partial charge is 0.506 e. The first kappa shape index (κ1) is 14.5. The predicted molar refractivity (Wildman–Crippen MR) is 93.7 cm³/mol. The Morgan fingerprint density at radius 1 is 1.26 bits per heavy atom. The van der Waals surface area contributed by atoms with Crippen molar-refractivity contribution in [3.63, 3.8) is 0 Å². The highest BCUT2D eigenvalue weighted by molar-refractivity contribution is 9.10. The molecule has 0 unspecified atom stereocenters. The van der Waals surface area contributed by atoms with Crippen LogP contribution >= 0.6 is 15.9 Å². The van der Waals surface area contributed by atoms with E-state index < -0.39 is 0 Å². The standard InChI is InChI=1S/C18H15BrN2O2/c19-13-9-15-17(11-5-1-2-6-14(11)23-15)12(18(13)22)10-21-16-7-3-4-8-20-16/h3-4,7-10,22H,1-2,5-6H2. The van der Waals surface area contributed by atoms with E-state index in [2.05, 4.69) is 25.9 Å². The number of rotatable bonds is 2. The van der Waals surface area contributed by atoms with Crippen molar-refractivity contribution >= 4 is 38.9 Å². The minimum atomic E-state index is 0.186. The van der Waals surface area contributed by atoms with Crippen molar-refractivity contribution in [1.82, 2.24) is 4.98 Å². The van der Waals surface area contributed by atoms with Crippen molar-refractivity contribution in [1.29, 1.82) is 0 Å². The lowest BCUT2D eigenvalue weighted by atomic mass is 9.94. The lowest BCUT2D eigenvalue weighted by Gasteiger charge is -2.10. The number of halogens is 1. The quantitative estimate of drug-likeness (QED) is 0.650. The molecule has 0 spiro atoms. The highest BCUT2D eigenvalue weighted by Crippen LogP contribution is 2.40. The lowest BCUT2D eigenvalue weighted by molar-refractivity contribution is 0.471. The van der Waals surface area contributed by atoms with Crippen LogP contribution in [0.5, 0.6) is 5.75 Å². The summed E-state index contributed by atoms with van der Waals surface area (Å²) in [7, 11) is 0. The van der Waals surface area contributed by atoms with E-state index in [1.807, 2.05) is 24.3 Å². The Morgan fingerprint density at radius 2 is 2.13 bits per heavy atom. The zero-order valence-corrected chi connectivity index (χ0v) is 14.0. The maximum absolute atomic E-state index is 10.5. The monoisotopic (exact) mass is 370 g/mol. The van der Waals surface area contributed by atoms with Gasteiger partial charge in [-0.15, -0.1) is 0 Å². The number of aromatic hydroxyl groups is 1. The summed E-state index contributed by atoms with van der Waals surface area (Å²) in [6.45, 7) is 0. The van der Waals surface area contributed by atoms with Gasteiger partial charge in [0, 0.05) is 35.3 Å². The van der Waals surface area contributed by atoms with Crippen molar-refractivity contribution in [3.05, 3.63) is 51.8 Å². The lowest BCUT2D eigenvalue weighted by Crippen LogP contribution is -1.99. The molecule has 23 heavy (non-hydrogen) atoms. The average molecular weight is 371 g/mol. The molecule has 3 aromatic rings. The van der Waals surface area contributed by atoms with E-state index in [1.54, 1.807) is 12.4 Å². The zero-order valence-electron chi connectivity index (χ0n) is 12.4. The fourth-order valence-electron chi connectivity index (χ4n) is 3.10. The molecule has 0 saturated carbocycles. The summed E-state index contributed by atoms with van der Waals surface area (Å²) in [6, 6.07) is 7.39. The van der Waals surface area contributed by atoms with Crippen LogP contribution < -0.4 is 0 Å². The third-order valence-electron chi connectivity index (χ3n) is 4.18. The number of pyridine rings is 1. The van der Waals surface area contributed by atoms with Gasteiger partial charge in [0.2, 0.25) is 0 Å². The van der Waals surface area contributed by atoms with Gasteiger partial charge in [-0.3, -0.25) is 0 Å². The Balaban J connectivity index is 1.91. The number of hydrogen-bond acceptors (Lipinski definition) is 4. The Labute approximate surface area is 142 Å². The van der Waals surface area contributed by atoms with Crippen LogP contribution in [0.15, 0.2) is 44.3 Å². The maximum atomic E-state index is 10.5. The summed E-state index contributed by atoms with van der Waals surface area (Å²) in [5.41, 5.74) is 2.69. The molecule has 1 aromatic carbocycles. The fourth-order valence-corrected chi connectivity index (χ4v) is 3.52. The molecule has 0 saturated heterocycles. The second-order valence-electron chi connectivity index (χ2n) is 5.65. The SMILES string of the molecule is Oc1c(Br)cc2oc3c(c2c1C=Nc1ccccn1)CCCC3. The molecule has 2 aromatic heterocycles. The van der Waals surface area contributed by atoms with Gasteiger partial charge in [-0.2, -0.15) is 0 Å². The molecule has 0 fully saturated rings. The van der Waals surface area contributed by atoms with E-state index in [9.17, 15) is 5.11 Å². The van der Waals surface area contributed by atoms with Gasteiger partial charge in [-0.25, -0.2) is 9.98 Å². The normalized spacial score (nSPS) is 14.5. The van der Waals surface area contributed by atoms with Gasteiger partial charge >= 0.3 is 0 Å². The van der Waals surface area contributed by atoms with E-state index >= 15 is 0 Å². The number of benzene rings is 1.